The van der Waals surface area contributed by atoms with Crippen molar-refractivity contribution < 1.29 is 0 Å². The van der Waals surface area contributed by atoms with Crippen LogP contribution in [0.1, 0.15) is 62.7 Å². The van der Waals surface area contributed by atoms with Gasteiger partial charge in [0.15, 0.2) is 0 Å². The molecule has 1 aliphatic rings. The maximum absolute atomic E-state index is 4.53. The summed E-state index contributed by atoms with van der Waals surface area (Å²) >= 11 is 0. The molecule has 1 aromatic rings. The van der Waals surface area contributed by atoms with Gasteiger partial charge in [0.25, 0.3) is 0 Å². The molecule has 2 rings (SSSR count). The highest BCUT2D eigenvalue weighted by atomic mass is 15.2. The van der Waals surface area contributed by atoms with Gasteiger partial charge >= 0.3 is 0 Å². The van der Waals surface area contributed by atoms with E-state index in [0.717, 1.165) is 12.2 Å². The van der Waals surface area contributed by atoms with E-state index in [4.69, 9.17) is 0 Å². The van der Waals surface area contributed by atoms with Crippen LogP contribution >= 0.6 is 0 Å². The van der Waals surface area contributed by atoms with Gasteiger partial charge in [0.1, 0.15) is 0 Å². The Morgan fingerprint density at radius 2 is 1.86 bits per heavy atom. The lowest BCUT2D eigenvalue weighted by molar-refractivity contribution is 0.0805. The lowest BCUT2D eigenvalue weighted by Gasteiger charge is -2.46. The van der Waals surface area contributed by atoms with E-state index in [1.165, 1.54) is 44.1 Å². The fraction of sp³-hybridized carbons (Fsp3) is 0.722. The lowest BCUT2D eigenvalue weighted by Crippen LogP contribution is -2.53. The van der Waals surface area contributed by atoms with Gasteiger partial charge in [-0.05, 0) is 52.0 Å². The third-order valence-electron chi connectivity index (χ3n) is 5.07. The third-order valence-corrected chi connectivity index (χ3v) is 5.07. The highest BCUT2D eigenvalue weighted by molar-refractivity contribution is 5.22. The highest BCUT2D eigenvalue weighted by Gasteiger charge is 2.41. The fourth-order valence-electron chi connectivity index (χ4n) is 3.81. The maximum atomic E-state index is 4.53. The lowest BCUT2D eigenvalue weighted by atomic mass is 9.78. The Balaban J connectivity index is 2.38. The Bertz CT molecular complexity index is 417. The Kier molecular flexibility index (Phi) is 5.77. The largest absolute Gasteiger partial charge is 0.309 e. The van der Waals surface area contributed by atoms with E-state index in [0.29, 0.717) is 6.04 Å². The smallest absolute Gasteiger partial charge is 0.0522 e. The Morgan fingerprint density at radius 3 is 2.33 bits per heavy atom. The number of likely N-dealkylation sites (N-methyl/N-ethyl adjacent to an activating group) is 2. The van der Waals surface area contributed by atoms with Gasteiger partial charge < -0.3 is 10.2 Å². The van der Waals surface area contributed by atoms with Crippen molar-refractivity contribution >= 4 is 0 Å². The molecule has 0 bridgehead atoms. The summed E-state index contributed by atoms with van der Waals surface area (Å²) in [6.45, 7) is 5.25. The van der Waals surface area contributed by atoms with E-state index < -0.39 is 0 Å². The highest BCUT2D eigenvalue weighted by Crippen LogP contribution is 2.40. The van der Waals surface area contributed by atoms with E-state index in [9.17, 15) is 0 Å². The summed E-state index contributed by atoms with van der Waals surface area (Å²) in [7, 11) is 4.49. The van der Waals surface area contributed by atoms with Crippen LogP contribution in [0, 0.1) is 6.92 Å². The zero-order valence-corrected chi connectivity index (χ0v) is 14.2. The van der Waals surface area contributed by atoms with Gasteiger partial charge in [0.05, 0.1) is 6.04 Å². The summed E-state index contributed by atoms with van der Waals surface area (Å²) in [6.07, 6.45) is 10.0. The van der Waals surface area contributed by atoms with Crippen LogP contribution in [0.2, 0.25) is 0 Å². The molecule has 1 heterocycles. The molecule has 0 aromatic carbocycles. The number of hydrogen-bond acceptors (Lipinski definition) is 3. The van der Waals surface area contributed by atoms with E-state index in [2.05, 4.69) is 61.5 Å². The van der Waals surface area contributed by atoms with Crippen LogP contribution in [-0.2, 0) is 0 Å². The summed E-state index contributed by atoms with van der Waals surface area (Å²) < 4.78 is 0. The predicted octanol–water partition coefficient (Wildman–Crippen LogP) is 3.70. The molecule has 1 aromatic heterocycles. The van der Waals surface area contributed by atoms with Crippen molar-refractivity contribution in [1.29, 1.82) is 0 Å². The molecular formula is C18H31N3. The Morgan fingerprint density at radius 1 is 1.19 bits per heavy atom. The summed E-state index contributed by atoms with van der Waals surface area (Å²) in [6, 6.07) is 4.76. The van der Waals surface area contributed by atoms with Crippen molar-refractivity contribution in [2.24, 2.45) is 0 Å². The van der Waals surface area contributed by atoms with Gasteiger partial charge in [-0.3, -0.25) is 4.98 Å². The van der Waals surface area contributed by atoms with E-state index in [1.807, 2.05) is 0 Å². The third kappa shape index (κ3) is 3.64. The minimum absolute atomic E-state index is 0.212. The second kappa shape index (κ2) is 7.37. The van der Waals surface area contributed by atoms with Crippen LogP contribution in [0.25, 0.3) is 0 Å². The number of hydrogen-bond donors (Lipinski definition) is 1. The number of nitrogens with one attached hydrogen (secondary N) is 1. The molecule has 0 radical (unpaired) electrons. The van der Waals surface area contributed by atoms with Crippen LogP contribution in [0.5, 0.6) is 0 Å². The number of aromatic nitrogens is 1. The van der Waals surface area contributed by atoms with Gasteiger partial charge in [0.2, 0.25) is 0 Å². The standard InChI is InChI=1S/C18H31N3/c1-5-19-17(16-11-10-15(2)20-14-16)18(21(3)4)12-8-6-7-9-13-18/h10-11,14,17,19H,5-9,12-13H2,1-4H3. The maximum Gasteiger partial charge on any atom is 0.0522 e. The molecule has 3 heteroatoms. The normalized spacial score (nSPS) is 20.2. The molecule has 1 aliphatic carbocycles. The monoisotopic (exact) mass is 289 g/mol. The van der Waals surface area contributed by atoms with Crippen molar-refractivity contribution in [1.82, 2.24) is 15.2 Å². The number of rotatable bonds is 5. The molecule has 0 aliphatic heterocycles. The van der Waals surface area contributed by atoms with E-state index in [-0.39, 0.29) is 5.54 Å². The summed E-state index contributed by atoms with van der Waals surface area (Å²) in [5.41, 5.74) is 2.63. The number of pyridine rings is 1. The van der Waals surface area contributed by atoms with E-state index in [1.54, 1.807) is 0 Å². The van der Waals surface area contributed by atoms with Gasteiger partial charge in [-0.2, -0.15) is 0 Å². The van der Waals surface area contributed by atoms with Crippen LogP contribution in [0.4, 0.5) is 0 Å². The molecule has 1 atom stereocenters. The van der Waals surface area contributed by atoms with Crippen molar-refractivity contribution in [3.63, 3.8) is 0 Å². The molecule has 0 spiro atoms. The molecule has 21 heavy (non-hydrogen) atoms. The average molecular weight is 289 g/mol. The molecule has 1 unspecified atom stereocenters. The first-order valence-electron chi connectivity index (χ1n) is 8.43. The minimum atomic E-state index is 0.212. The summed E-state index contributed by atoms with van der Waals surface area (Å²) in [4.78, 5) is 7.00. The van der Waals surface area contributed by atoms with Crippen LogP contribution in [0.15, 0.2) is 18.3 Å². The molecule has 3 nitrogen and oxygen atoms in total. The second-order valence-corrected chi connectivity index (χ2v) is 6.64. The zero-order valence-electron chi connectivity index (χ0n) is 14.2. The molecule has 118 valence electrons. The topological polar surface area (TPSA) is 28.2 Å². The number of nitrogens with zero attached hydrogens (tertiary/aromatic N) is 2. The van der Waals surface area contributed by atoms with Gasteiger partial charge in [-0.1, -0.05) is 38.7 Å². The van der Waals surface area contributed by atoms with Crippen molar-refractivity contribution in [3.05, 3.63) is 29.6 Å². The first kappa shape index (κ1) is 16.4. The quantitative estimate of drug-likeness (QED) is 0.838. The molecule has 1 N–H and O–H groups in total. The molecule has 0 saturated heterocycles. The minimum Gasteiger partial charge on any atom is -0.309 e. The van der Waals surface area contributed by atoms with Gasteiger partial charge in [-0.15, -0.1) is 0 Å². The molecule has 0 amide bonds. The summed E-state index contributed by atoms with van der Waals surface area (Å²) in [5.74, 6) is 0. The Labute approximate surface area is 130 Å². The first-order valence-corrected chi connectivity index (χ1v) is 8.43. The van der Waals surface area contributed by atoms with Crippen molar-refractivity contribution in [2.75, 3.05) is 20.6 Å². The first-order chi connectivity index (χ1) is 10.1. The van der Waals surface area contributed by atoms with Crippen LogP contribution in [0.3, 0.4) is 0 Å². The SMILES string of the molecule is CCNC(c1ccc(C)nc1)C1(N(C)C)CCCCCC1. The number of aryl methyl sites for hydroxylation is 1. The predicted molar refractivity (Wildman–Crippen MR) is 89.5 cm³/mol. The zero-order chi connectivity index (χ0) is 15.3. The molecule has 1 saturated carbocycles. The van der Waals surface area contributed by atoms with Crippen molar-refractivity contribution in [3.8, 4) is 0 Å². The Hall–Kier alpha value is -0.930. The van der Waals surface area contributed by atoms with E-state index >= 15 is 0 Å². The second-order valence-electron chi connectivity index (χ2n) is 6.64. The average Bonchev–Trinajstić information content (AvgIpc) is 2.72. The van der Waals surface area contributed by atoms with Crippen LogP contribution in [-0.4, -0.2) is 36.1 Å². The van der Waals surface area contributed by atoms with Gasteiger partial charge in [-0.25, -0.2) is 0 Å². The van der Waals surface area contributed by atoms with Crippen molar-refractivity contribution in [2.45, 2.75) is 64.0 Å². The van der Waals surface area contributed by atoms with Crippen LogP contribution < -0.4 is 5.32 Å². The molecule has 1 fully saturated rings. The fourth-order valence-corrected chi connectivity index (χ4v) is 3.81. The van der Waals surface area contributed by atoms with Gasteiger partial charge in [0, 0.05) is 17.4 Å². The molecular weight excluding hydrogens is 258 g/mol. The summed E-state index contributed by atoms with van der Waals surface area (Å²) in [5, 5.41) is 3.76.